The second-order valence-corrected chi connectivity index (χ2v) is 2.82. The van der Waals surface area contributed by atoms with Crippen LogP contribution in [0.2, 0.25) is 0 Å². The van der Waals surface area contributed by atoms with E-state index in [-0.39, 0.29) is 6.54 Å². The van der Waals surface area contributed by atoms with E-state index in [0.29, 0.717) is 0 Å². The highest BCUT2D eigenvalue weighted by atomic mass is 16.6. The molecular formula is C6H9N3O5. The summed E-state index contributed by atoms with van der Waals surface area (Å²) in [7, 11) is 0. The fourth-order valence-corrected chi connectivity index (χ4v) is 1.12. The van der Waals surface area contributed by atoms with Gasteiger partial charge in [0.2, 0.25) is 0 Å². The summed E-state index contributed by atoms with van der Waals surface area (Å²) in [5, 5.41) is 30.5. The fraction of sp³-hybridized carbons (Fsp3) is 0.833. The van der Waals surface area contributed by atoms with Crippen molar-refractivity contribution in [2.45, 2.75) is 24.4 Å². The molecule has 0 bridgehead atoms. The summed E-state index contributed by atoms with van der Waals surface area (Å²) in [6.45, 7) is -0.335. The molecule has 1 aliphatic rings. The first kappa shape index (κ1) is 10.7. The van der Waals surface area contributed by atoms with Crippen LogP contribution in [0.25, 0.3) is 10.4 Å². The SMILES string of the molecule is [N-]=[N+]=NC[C@@H](O)[C@@H]1OC(=O)[C@H](O)[C@H]1O. The second kappa shape index (κ2) is 4.25. The van der Waals surface area contributed by atoms with E-state index in [1.54, 1.807) is 0 Å². The Balaban J connectivity index is 2.61. The van der Waals surface area contributed by atoms with Gasteiger partial charge in [0.15, 0.2) is 12.2 Å². The zero-order chi connectivity index (χ0) is 10.7. The average molecular weight is 203 g/mol. The van der Waals surface area contributed by atoms with Crippen LogP contribution >= 0.6 is 0 Å². The monoisotopic (exact) mass is 203 g/mol. The van der Waals surface area contributed by atoms with Crippen molar-refractivity contribution in [1.29, 1.82) is 0 Å². The van der Waals surface area contributed by atoms with Gasteiger partial charge in [-0.05, 0) is 5.53 Å². The van der Waals surface area contributed by atoms with Crippen LogP contribution in [0.15, 0.2) is 5.11 Å². The third-order valence-electron chi connectivity index (χ3n) is 1.87. The smallest absolute Gasteiger partial charge is 0.338 e. The molecule has 78 valence electrons. The molecular weight excluding hydrogens is 194 g/mol. The molecule has 0 aromatic heterocycles. The molecule has 14 heavy (non-hydrogen) atoms. The van der Waals surface area contributed by atoms with E-state index < -0.39 is 30.4 Å². The second-order valence-electron chi connectivity index (χ2n) is 2.82. The number of aliphatic hydroxyl groups is 3. The fourth-order valence-electron chi connectivity index (χ4n) is 1.12. The van der Waals surface area contributed by atoms with Gasteiger partial charge in [0.1, 0.15) is 6.10 Å². The number of cyclic esters (lactones) is 1. The quantitative estimate of drug-likeness (QED) is 0.217. The summed E-state index contributed by atoms with van der Waals surface area (Å²) in [6, 6.07) is 0. The molecule has 0 amide bonds. The van der Waals surface area contributed by atoms with Crippen molar-refractivity contribution in [2.75, 3.05) is 6.54 Å². The Morgan fingerprint density at radius 2 is 2.29 bits per heavy atom. The summed E-state index contributed by atoms with van der Waals surface area (Å²) < 4.78 is 4.47. The van der Waals surface area contributed by atoms with Crippen LogP contribution in [0.4, 0.5) is 0 Å². The van der Waals surface area contributed by atoms with Crippen LogP contribution in [-0.4, -0.2) is 52.2 Å². The number of nitrogens with zero attached hydrogens (tertiary/aromatic N) is 3. The highest BCUT2D eigenvalue weighted by Crippen LogP contribution is 2.19. The highest BCUT2D eigenvalue weighted by molar-refractivity contribution is 5.77. The zero-order valence-corrected chi connectivity index (χ0v) is 7.02. The Kier molecular flexibility index (Phi) is 3.26. The first-order valence-electron chi connectivity index (χ1n) is 3.83. The van der Waals surface area contributed by atoms with Crippen molar-refractivity contribution in [1.82, 2.24) is 0 Å². The molecule has 1 aliphatic heterocycles. The van der Waals surface area contributed by atoms with E-state index in [1.165, 1.54) is 0 Å². The van der Waals surface area contributed by atoms with Gasteiger partial charge in [-0.1, -0.05) is 5.11 Å². The molecule has 1 saturated heterocycles. The van der Waals surface area contributed by atoms with E-state index in [9.17, 15) is 15.0 Å². The van der Waals surface area contributed by atoms with Gasteiger partial charge in [-0.25, -0.2) is 4.79 Å². The number of esters is 1. The molecule has 0 aromatic rings. The Bertz CT molecular complexity index is 277. The minimum Gasteiger partial charge on any atom is -0.455 e. The molecule has 1 rings (SSSR count). The molecule has 8 nitrogen and oxygen atoms in total. The summed E-state index contributed by atoms with van der Waals surface area (Å²) in [5.74, 6) is -0.998. The molecule has 1 heterocycles. The van der Waals surface area contributed by atoms with Crippen LogP contribution in [-0.2, 0) is 9.53 Å². The van der Waals surface area contributed by atoms with E-state index in [1.807, 2.05) is 0 Å². The summed E-state index contributed by atoms with van der Waals surface area (Å²) >= 11 is 0. The van der Waals surface area contributed by atoms with Crippen molar-refractivity contribution in [3.8, 4) is 0 Å². The largest absolute Gasteiger partial charge is 0.455 e. The lowest BCUT2D eigenvalue weighted by Crippen LogP contribution is -2.40. The van der Waals surface area contributed by atoms with Crippen LogP contribution in [0, 0.1) is 0 Å². The van der Waals surface area contributed by atoms with Crippen LogP contribution in [0.3, 0.4) is 0 Å². The Morgan fingerprint density at radius 3 is 2.71 bits per heavy atom. The molecule has 8 heteroatoms. The maximum absolute atomic E-state index is 10.7. The van der Waals surface area contributed by atoms with Gasteiger partial charge in [0.25, 0.3) is 0 Å². The number of hydrogen-bond acceptors (Lipinski definition) is 6. The van der Waals surface area contributed by atoms with Gasteiger partial charge < -0.3 is 20.1 Å². The summed E-state index contributed by atoms with van der Waals surface area (Å²) in [5.41, 5.74) is 7.96. The standard InChI is InChI=1S/C6H9N3O5/c7-9-8-1-2(10)5-3(11)4(12)6(13)14-5/h2-5,10-12H,1H2/t2-,3-,4-,5+/m1/s1. The zero-order valence-electron chi connectivity index (χ0n) is 7.02. The summed E-state index contributed by atoms with van der Waals surface area (Å²) in [6.07, 6.45) is -5.71. The third kappa shape index (κ3) is 1.94. The maximum atomic E-state index is 10.7. The molecule has 4 atom stereocenters. The minimum atomic E-state index is -1.65. The number of aliphatic hydroxyl groups excluding tert-OH is 3. The third-order valence-corrected chi connectivity index (χ3v) is 1.87. The van der Waals surface area contributed by atoms with Crippen LogP contribution in [0.5, 0.6) is 0 Å². The van der Waals surface area contributed by atoms with Crippen molar-refractivity contribution in [3.63, 3.8) is 0 Å². The number of carbonyl (C=O) groups excluding carboxylic acids is 1. The highest BCUT2D eigenvalue weighted by Gasteiger charge is 2.45. The van der Waals surface area contributed by atoms with Gasteiger partial charge in [-0.3, -0.25) is 0 Å². The Morgan fingerprint density at radius 1 is 1.64 bits per heavy atom. The molecule has 0 aliphatic carbocycles. The minimum absolute atomic E-state index is 0.335. The Labute approximate surface area is 78.3 Å². The van der Waals surface area contributed by atoms with Gasteiger partial charge in [0, 0.05) is 4.91 Å². The van der Waals surface area contributed by atoms with E-state index in [2.05, 4.69) is 14.8 Å². The number of rotatable bonds is 3. The Hall–Kier alpha value is -1.34. The van der Waals surface area contributed by atoms with Crippen LogP contribution < -0.4 is 0 Å². The lowest BCUT2D eigenvalue weighted by molar-refractivity contribution is -0.150. The predicted octanol–water partition coefficient (Wildman–Crippen LogP) is -1.70. The molecule has 0 saturated carbocycles. The van der Waals surface area contributed by atoms with Gasteiger partial charge in [-0.15, -0.1) is 0 Å². The number of carbonyl (C=O) groups is 1. The first-order chi connectivity index (χ1) is 6.57. The molecule has 0 radical (unpaired) electrons. The van der Waals surface area contributed by atoms with Gasteiger partial charge in [-0.2, -0.15) is 0 Å². The maximum Gasteiger partial charge on any atom is 0.338 e. The normalized spacial score (nSPS) is 33.4. The van der Waals surface area contributed by atoms with Crippen molar-refractivity contribution in [3.05, 3.63) is 10.4 Å². The van der Waals surface area contributed by atoms with Crippen molar-refractivity contribution in [2.24, 2.45) is 5.11 Å². The first-order valence-corrected chi connectivity index (χ1v) is 3.83. The van der Waals surface area contributed by atoms with Crippen molar-refractivity contribution < 1.29 is 24.9 Å². The van der Waals surface area contributed by atoms with E-state index >= 15 is 0 Å². The molecule has 0 spiro atoms. The topological polar surface area (TPSA) is 136 Å². The van der Waals surface area contributed by atoms with Crippen molar-refractivity contribution >= 4 is 5.97 Å². The number of azide groups is 1. The van der Waals surface area contributed by atoms with E-state index in [4.69, 9.17) is 10.6 Å². The molecule has 1 fully saturated rings. The molecule has 0 unspecified atom stereocenters. The van der Waals surface area contributed by atoms with Gasteiger partial charge >= 0.3 is 5.97 Å². The average Bonchev–Trinajstić information content (AvgIpc) is 2.42. The lowest BCUT2D eigenvalue weighted by Gasteiger charge is -2.17. The molecule has 0 aromatic carbocycles. The van der Waals surface area contributed by atoms with Crippen LogP contribution in [0.1, 0.15) is 0 Å². The lowest BCUT2D eigenvalue weighted by atomic mass is 10.1. The van der Waals surface area contributed by atoms with Gasteiger partial charge in [0.05, 0.1) is 12.6 Å². The number of hydrogen-bond donors (Lipinski definition) is 3. The number of ether oxygens (including phenoxy) is 1. The van der Waals surface area contributed by atoms with E-state index in [0.717, 1.165) is 0 Å². The molecule has 3 N–H and O–H groups in total. The predicted molar refractivity (Wildman–Crippen MR) is 41.9 cm³/mol. The summed E-state index contributed by atoms with van der Waals surface area (Å²) in [4.78, 5) is 13.1.